The van der Waals surface area contributed by atoms with Gasteiger partial charge in [0.2, 0.25) is 0 Å². The van der Waals surface area contributed by atoms with Gasteiger partial charge in [-0.2, -0.15) is 0 Å². The summed E-state index contributed by atoms with van der Waals surface area (Å²) in [5.41, 5.74) is 0.725. The number of aromatic carboxylic acids is 1. The van der Waals surface area contributed by atoms with Gasteiger partial charge in [-0.25, -0.2) is 9.78 Å². The summed E-state index contributed by atoms with van der Waals surface area (Å²) >= 11 is 1.47. The highest BCUT2D eigenvalue weighted by Crippen LogP contribution is 2.39. The van der Waals surface area contributed by atoms with E-state index in [-0.39, 0.29) is 0 Å². The molecule has 1 aliphatic rings. The van der Waals surface area contributed by atoms with Crippen molar-refractivity contribution in [2.75, 3.05) is 18.0 Å². The van der Waals surface area contributed by atoms with Crippen LogP contribution in [0.15, 0.2) is 11.6 Å². The first-order valence-corrected chi connectivity index (χ1v) is 8.42. The van der Waals surface area contributed by atoms with Crippen LogP contribution in [-0.4, -0.2) is 33.6 Å². The van der Waals surface area contributed by atoms with Crippen LogP contribution in [0.1, 0.15) is 50.0 Å². The third-order valence-electron chi connectivity index (χ3n) is 5.07. The van der Waals surface area contributed by atoms with Gasteiger partial charge in [0, 0.05) is 24.7 Å². The van der Waals surface area contributed by atoms with E-state index in [0.29, 0.717) is 16.9 Å². The van der Waals surface area contributed by atoms with Crippen LogP contribution in [0.5, 0.6) is 0 Å². The molecule has 0 atom stereocenters. The van der Waals surface area contributed by atoms with Gasteiger partial charge in [-0.3, -0.25) is 4.40 Å². The van der Waals surface area contributed by atoms with Crippen molar-refractivity contribution in [3.63, 3.8) is 0 Å². The Labute approximate surface area is 128 Å². The molecule has 114 valence electrons. The van der Waals surface area contributed by atoms with E-state index in [2.05, 4.69) is 23.7 Å². The van der Waals surface area contributed by atoms with Gasteiger partial charge in [0.15, 0.2) is 16.5 Å². The Morgan fingerprint density at radius 3 is 2.62 bits per heavy atom. The minimum absolute atomic E-state index is 0.298. The molecule has 0 aromatic carbocycles. The number of anilines is 1. The van der Waals surface area contributed by atoms with Crippen LogP contribution >= 0.6 is 11.3 Å². The van der Waals surface area contributed by atoms with Gasteiger partial charge >= 0.3 is 5.97 Å². The quantitative estimate of drug-likeness (QED) is 0.939. The molecule has 0 unspecified atom stereocenters. The Kier molecular flexibility index (Phi) is 3.65. The summed E-state index contributed by atoms with van der Waals surface area (Å²) < 4.78 is 1.68. The molecule has 0 bridgehead atoms. The molecule has 1 aliphatic heterocycles. The normalized spacial score (nSPS) is 18.3. The van der Waals surface area contributed by atoms with Crippen molar-refractivity contribution in [1.82, 2.24) is 9.38 Å². The standard InChI is InChI=1S/C15H21N3O2S/c1-3-15(4-2)5-7-17(8-6-15)12-11(13(19)20)18-9-10-21-14(18)16-12/h9-10H,3-8H2,1-2H3,(H,19,20). The van der Waals surface area contributed by atoms with Crippen LogP contribution < -0.4 is 4.90 Å². The molecule has 5 nitrogen and oxygen atoms in total. The summed E-state index contributed by atoms with van der Waals surface area (Å²) in [6, 6.07) is 0. The highest BCUT2D eigenvalue weighted by atomic mass is 32.1. The van der Waals surface area contributed by atoms with E-state index >= 15 is 0 Å². The number of carboxylic acid groups (broad SMARTS) is 1. The molecule has 0 saturated carbocycles. The Bertz CT molecular complexity index is 647. The second-order valence-corrected chi connectivity index (χ2v) is 6.71. The minimum Gasteiger partial charge on any atom is -0.476 e. The molecule has 1 saturated heterocycles. The van der Waals surface area contributed by atoms with E-state index in [1.54, 1.807) is 10.6 Å². The Balaban J connectivity index is 1.90. The predicted octanol–water partition coefficient (Wildman–Crippen LogP) is 3.50. The van der Waals surface area contributed by atoms with Crippen LogP contribution in [0.2, 0.25) is 0 Å². The first-order chi connectivity index (χ1) is 10.1. The lowest BCUT2D eigenvalue weighted by atomic mass is 9.74. The number of piperidine rings is 1. The van der Waals surface area contributed by atoms with E-state index in [0.717, 1.165) is 30.9 Å². The minimum atomic E-state index is -0.904. The molecule has 1 fully saturated rings. The molecule has 2 aromatic rings. The van der Waals surface area contributed by atoms with Crippen LogP contribution in [-0.2, 0) is 0 Å². The van der Waals surface area contributed by atoms with E-state index in [4.69, 9.17) is 0 Å². The highest BCUT2D eigenvalue weighted by Gasteiger charge is 2.34. The molecule has 0 spiro atoms. The average molecular weight is 307 g/mol. The fraction of sp³-hybridized carbons (Fsp3) is 0.600. The molecule has 0 amide bonds. The first-order valence-electron chi connectivity index (χ1n) is 7.54. The number of rotatable bonds is 4. The molecule has 3 rings (SSSR count). The largest absolute Gasteiger partial charge is 0.476 e. The molecular formula is C15H21N3O2S. The lowest BCUT2D eigenvalue weighted by Gasteiger charge is -2.41. The summed E-state index contributed by atoms with van der Waals surface area (Å²) in [6.07, 6.45) is 6.41. The molecule has 3 heterocycles. The third-order valence-corrected chi connectivity index (χ3v) is 5.83. The molecular weight excluding hydrogens is 286 g/mol. The van der Waals surface area contributed by atoms with Gasteiger partial charge in [-0.1, -0.05) is 26.7 Å². The van der Waals surface area contributed by atoms with Gasteiger partial charge in [-0.05, 0) is 18.3 Å². The number of hydrogen-bond acceptors (Lipinski definition) is 4. The van der Waals surface area contributed by atoms with Crippen LogP contribution in [0.3, 0.4) is 0 Å². The van der Waals surface area contributed by atoms with Crippen LogP contribution in [0, 0.1) is 5.41 Å². The average Bonchev–Trinajstić information content (AvgIpc) is 3.07. The van der Waals surface area contributed by atoms with E-state index in [9.17, 15) is 9.90 Å². The predicted molar refractivity (Wildman–Crippen MR) is 84.5 cm³/mol. The zero-order valence-corrected chi connectivity index (χ0v) is 13.3. The number of fused-ring (bicyclic) bond motifs is 1. The fourth-order valence-corrected chi connectivity index (χ4v) is 4.05. The van der Waals surface area contributed by atoms with Crippen molar-refractivity contribution in [3.05, 3.63) is 17.3 Å². The van der Waals surface area contributed by atoms with Crippen molar-refractivity contribution in [2.45, 2.75) is 39.5 Å². The maximum Gasteiger partial charge on any atom is 0.356 e. The summed E-state index contributed by atoms with van der Waals surface area (Å²) in [4.78, 5) is 19.0. The second-order valence-electron chi connectivity index (χ2n) is 5.84. The van der Waals surface area contributed by atoms with Gasteiger partial charge in [0.05, 0.1) is 0 Å². The SMILES string of the molecule is CCC1(CC)CCN(c2nc3sccn3c2C(=O)O)CC1. The van der Waals surface area contributed by atoms with Gasteiger partial charge in [-0.15, -0.1) is 11.3 Å². The lowest BCUT2D eigenvalue weighted by molar-refractivity contribution is 0.0690. The maximum absolute atomic E-state index is 11.6. The third kappa shape index (κ3) is 2.31. The number of hydrogen-bond donors (Lipinski definition) is 1. The fourth-order valence-electron chi connectivity index (χ4n) is 3.34. The second kappa shape index (κ2) is 5.33. The molecule has 6 heteroatoms. The van der Waals surface area contributed by atoms with Gasteiger partial charge < -0.3 is 10.0 Å². The van der Waals surface area contributed by atoms with Crippen molar-refractivity contribution in [3.8, 4) is 0 Å². The first kappa shape index (κ1) is 14.4. The number of thiazole rings is 1. The smallest absolute Gasteiger partial charge is 0.356 e. The maximum atomic E-state index is 11.6. The monoisotopic (exact) mass is 307 g/mol. The molecule has 21 heavy (non-hydrogen) atoms. The van der Waals surface area contributed by atoms with E-state index in [1.165, 1.54) is 24.2 Å². The van der Waals surface area contributed by atoms with Crippen molar-refractivity contribution < 1.29 is 9.90 Å². The number of carbonyl (C=O) groups is 1. The van der Waals surface area contributed by atoms with Crippen LogP contribution in [0.25, 0.3) is 4.96 Å². The summed E-state index contributed by atoms with van der Waals surface area (Å²) in [5.74, 6) is -0.270. The van der Waals surface area contributed by atoms with Crippen molar-refractivity contribution in [2.24, 2.45) is 5.41 Å². The molecule has 1 N–H and O–H groups in total. The topological polar surface area (TPSA) is 57.8 Å². The number of aromatic nitrogens is 2. The molecule has 0 aliphatic carbocycles. The molecule has 2 aromatic heterocycles. The lowest BCUT2D eigenvalue weighted by Crippen LogP contribution is -2.40. The highest BCUT2D eigenvalue weighted by molar-refractivity contribution is 7.15. The van der Waals surface area contributed by atoms with Crippen LogP contribution in [0.4, 0.5) is 5.82 Å². The number of carboxylic acids is 1. The summed E-state index contributed by atoms with van der Waals surface area (Å²) in [5, 5.41) is 11.4. The zero-order chi connectivity index (χ0) is 15.0. The van der Waals surface area contributed by atoms with Crippen molar-refractivity contribution in [1.29, 1.82) is 0 Å². The summed E-state index contributed by atoms with van der Waals surface area (Å²) in [7, 11) is 0. The zero-order valence-electron chi connectivity index (χ0n) is 12.5. The Morgan fingerprint density at radius 2 is 2.05 bits per heavy atom. The number of nitrogens with zero attached hydrogens (tertiary/aromatic N) is 3. The molecule has 0 radical (unpaired) electrons. The van der Waals surface area contributed by atoms with E-state index in [1.807, 2.05) is 5.38 Å². The Morgan fingerprint density at radius 1 is 1.38 bits per heavy atom. The summed E-state index contributed by atoms with van der Waals surface area (Å²) in [6.45, 7) is 6.31. The number of imidazole rings is 1. The Hall–Kier alpha value is -1.56. The van der Waals surface area contributed by atoms with Crippen molar-refractivity contribution >= 4 is 28.1 Å². The van der Waals surface area contributed by atoms with Gasteiger partial charge in [0.25, 0.3) is 0 Å². The van der Waals surface area contributed by atoms with Gasteiger partial charge in [0.1, 0.15) is 0 Å². The van der Waals surface area contributed by atoms with E-state index < -0.39 is 5.97 Å².